The highest BCUT2D eigenvalue weighted by Crippen LogP contribution is 2.25. The molecule has 7 nitrogen and oxygen atoms in total. The lowest BCUT2D eigenvalue weighted by molar-refractivity contribution is -0.149. The van der Waals surface area contributed by atoms with Gasteiger partial charge in [-0.05, 0) is 63.3 Å². The average molecular weight is 399 g/mol. The van der Waals surface area contributed by atoms with Gasteiger partial charge in [0.2, 0.25) is 0 Å². The van der Waals surface area contributed by atoms with E-state index in [1.807, 2.05) is 12.1 Å². The van der Waals surface area contributed by atoms with Gasteiger partial charge in [-0.15, -0.1) is 10.2 Å². The molecule has 2 aromatic rings. The Bertz CT molecular complexity index is 812. The molecular weight excluding hydrogens is 370 g/mol. The van der Waals surface area contributed by atoms with Crippen molar-refractivity contribution in [3.05, 3.63) is 30.1 Å². The third kappa shape index (κ3) is 5.03. The Balaban J connectivity index is 1.33. The zero-order valence-electron chi connectivity index (χ0n) is 17.0. The van der Waals surface area contributed by atoms with E-state index in [0.717, 1.165) is 62.5 Å². The fraction of sp³-hybridized carbons (Fsp3) is 0.591. The van der Waals surface area contributed by atoms with Crippen molar-refractivity contribution in [2.45, 2.75) is 70.6 Å². The summed E-state index contributed by atoms with van der Waals surface area (Å²) in [6.07, 6.45) is 7.20. The molecule has 1 fully saturated rings. The fourth-order valence-electron chi connectivity index (χ4n) is 3.83. The summed E-state index contributed by atoms with van der Waals surface area (Å²) in [7, 11) is 0. The average Bonchev–Trinajstić information content (AvgIpc) is 3.01. The maximum absolute atomic E-state index is 12.3. The van der Waals surface area contributed by atoms with E-state index >= 15 is 0 Å². The Morgan fingerprint density at radius 2 is 2.03 bits per heavy atom. The van der Waals surface area contributed by atoms with E-state index in [-0.39, 0.29) is 6.10 Å². The second-order valence-electron chi connectivity index (χ2n) is 7.81. The molecule has 0 saturated carbocycles. The van der Waals surface area contributed by atoms with Crippen LogP contribution in [-0.4, -0.2) is 46.2 Å². The molecule has 1 aromatic carbocycles. The molecule has 0 spiro atoms. The van der Waals surface area contributed by atoms with Crippen molar-refractivity contribution in [3.8, 4) is 17.1 Å². The smallest absolute Gasteiger partial charge is 0.340 e. The largest absolute Gasteiger partial charge is 0.425 e. The molecule has 4 rings (SSSR count). The molecule has 2 aliphatic rings. The van der Waals surface area contributed by atoms with Gasteiger partial charge in [0, 0.05) is 25.1 Å². The molecule has 0 amide bonds. The van der Waals surface area contributed by atoms with Gasteiger partial charge in [0.1, 0.15) is 11.6 Å². The molecule has 0 aliphatic carbocycles. The van der Waals surface area contributed by atoms with Crippen molar-refractivity contribution in [2.24, 2.45) is 0 Å². The molecule has 7 heteroatoms. The summed E-state index contributed by atoms with van der Waals surface area (Å²) in [6.45, 7) is 3.86. The normalized spacial score (nSPS) is 20.5. The van der Waals surface area contributed by atoms with Gasteiger partial charge in [-0.25, -0.2) is 4.79 Å². The quantitative estimate of drug-likeness (QED) is 0.546. The van der Waals surface area contributed by atoms with E-state index in [1.54, 1.807) is 19.1 Å². The maximum atomic E-state index is 12.3. The number of carbonyl (C=O) groups excluding carboxylic acids is 1. The van der Waals surface area contributed by atoms with Gasteiger partial charge in [0.15, 0.2) is 11.9 Å². The van der Waals surface area contributed by atoms with Gasteiger partial charge in [-0.2, -0.15) is 0 Å². The second-order valence-corrected chi connectivity index (χ2v) is 7.81. The van der Waals surface area contributed by atoms with Crippen LogP contribution in [0.5, 0.6) is 5.75 Å². The molecule has 2 unspecified atom stereocenters. The summed E-state index contributed by atoms with van der Waals surface area (Å²) in [5, 5.41) is 8.72. The zero-order chi connectivity index (χ0) is 20.1. The highest BCUT2D eigenvalue weighted by atomic mass is 16.6. The first-order valence-electron chi connectivity index (χ1n) is 10.7. The first kappa shape index (κ1) is 20.0. The SMILES string of the molecule is CC(OCC1CCCCO1)C(=O)Oc1ccc(-c2nnc3n2CCCCC3)cc1. The minimum absolute atomic E-state index is 0.0802. The highest BCUT2D eigenvalue weighted by molar-refractivity contribution is 5.77. The van der Waals surface area contributed by atoms with Gasteiger partial charge in [0.05, 0.1) is 12.7 Å². The molecule has 0 radical (unpaired) electrons. The molecule has 3 heterocycles. The summed E-state index contributed by atoms with van der Waals surface area (Å²) in [6, 6.07) is 7.43. The lowest BCUT2D eigenvalue weighted by Crippen LogP contribution is -2.31. The monoisotopic (exact) mass is 399 g/mol. The number of hydrogen-bond acceptors (Lipinski definition) is 6. The second kappa shape index (κ2) is 9.50. The Kier molecular flexibility index (Phi) is 6.56. The summed E-state index contributed by atoms with van der Waals surface area (Å²) < 4.78 is 19.0. The van der Waals surface area contributed by atoms with Gasteiger partial charge < -0.3 is 18.8 Å². The number of hydrogen-bond donors (Lipinski definition) is 0. The lowest BCUT2D eigenvalue weighted by Gasteiger charge is -2.23. The summed E-state index contributed by atoms with van der Waals surface area (Å²) >= 11 is 0. The van der Waals surface area contributed by atoms with E-state index in [4.69, 9.17) is 14.2 Å². The number of aromatic nitrogens is 3. The van der Waals surface area contributed by atoms with Crippen molar-refractivity contribution < 1.29 is 19.0 Å². The number of carbonyl (C=O) groups is 1. The predicted octanol–water partition coefficient (Wildman–Crippen LogP) is 3.55. The number of nitrogens with zero attached hydrogens (tertiary/aromatic N) is 3. The van der Waals surface area contributed by atoms with E-state index in [1.165, 1.54) is 12.8 Å². The number of rotatable bonds is 6. The van der Waals surface area contributed by atoms with Gasteiger partial charge in [0.25, 0.3) is 0 Å². The van der Waals surface area contributed by atoms with Gasteiger partial charge in [-0.3, -0.25) is 0 Å². The number of benzene rings is 1. The molecule has 0 bridgehead atoms. The van der Waals surface area contributed by atoms with Crippen molar-refractivity contribution in [1.82, 2.24) is 14.8 Å². The third-order valence-corrected chi connectivity index (χ3v) is 5.58. The van der Waals surface area contributed by atoms with Crippen LogP contribution in [-0.2, 0) is 27.2 Å². The van der Waals surface area contributed by atoms with Crippen LogP contribution in [0.1, 0.15) is 51.3 Å². The van der Waals surface area contributed by atoms with Crippen LogP contribution >= 0.6 is 0 Å². The van der Waals surface area contributed by atoms with Gasteiger partial charge in [-0.1, -0.05) is 6.42 Å². The molecule has 1 aromatic heterocycles. The summed E-state index contributed by atoms with van der Waals surface area (Å²) in [4.78, 5) is 12.3. The van der Waals surface area contributed by atoms with Crippen LogP contribution in [0.4, 0.5) is 0 Å². The van der Waals surface area contributed by atoms with Crippen molar-refractivity contribution in [1.29, 1.82) is 0 Å². The Labute approximate surface area is 171 Å². The Hall–Kier alpha value is -2.25. The first-order valence-corrected chi connectivity index (χ1v) is 10.7. The van der Waals surface area contributed by atoms with Crippen molar-refractivity contribution >= 4 is 5.97 Å². The van der Waals surface area contributed by atoms with E-state index < -0.39 is 12.1 Å². The molecule has 1 saturated heterocycles. The van der Waals surface area contributed by atoms with Crippen LogP contribution < -0.4 is 4.74 Å². The third-order valence-electron chi connectivity index (χ3n) is 5.58. The number of esters is 1. The Morgan fingerprint density at radius 3 is 2.83 bits per heavy atom. The van der Waals surface area contributed by atoms with Crippen LogP contribution in [0.15, 0.2) is 24.3 Å². The predicted molar refractivity (Wildman–Crippen MR) is 108 cm³/mol. The number of aryl methyl sites for hydroxylation is 1. The van der Waals surface area contributed by atoms with Crippen LogP contribution in [0.3, 0.4) is 0 Å². The lowest BCUT2D eigenvalue weighted by atomic mass is 10.1. The topological polar surface area (TPSA) is 75.5 Å². The minimum Gasteiger partial charge on any atom is -0.425 e. The minimum atomic E-state index is -0.632. The molecule has 0 N–H and O–H groups in total. The highest BCUT2D eigenvalue weighted by Gasteiger charge is 2.21. The molecule has 156 valence electrons. The van der Waals surface area contributed by atoms with Crippen LogP contribution in [0.2, 0.25) is 0 Å². The van der Waals surface area contributed by atoms with E-state index in [9.17, 15) is 4.79 Å². The Morgan fingerprint density at radius 1 is 1.17 bits per heavy atom. The molecule has 2 atom stereocenters. The van der Waals surface area contributed by atoms with Crippen LogP contribution in [0.25, 0.3) is 11.4 Å². The van der Waals surface area contributed by atoms with E-state index in [0.29, 0.717) is 12.4 Å². The van der Waals surface area contributed by atoms with Crippen molar-refractivity contribution in [3.63, 3.8) is 0 Å². The van der Waals surface area contributed by atoms with Crippen LogP contribution in [0, 0.1) is 0 Å². The fourth-order valence-corrected chi connectivity index (χ4v) is 3.83. The number of ether oxygens (including phenoxy) is 3. The van der Waals surface area contributed by atoms with Gasteiger partial charge >= 0.3 is 5.97 Å². The van der Waals surface area contributed by atoms with Crippen molar-refractivity contribution in [2.75, 3.05) is 13.2 Å². The summed E-state index contributed by atoms with van der Waals surface area (Å²) in [5.74, 6) is 2.04. The zero-order valence-corrected chi connectivity index (χ0v) is 17.0. The maximum Gasteiger partial charge on any atom is 0.340 e. The molecule has 29 heavy (non-hydrogen) atoms. The molecule has 2 aliphatic heterocycles. The summed E-state index contributed by atoms with van der Waals surface area (Å²) in [5.41, 5.74) is 0.976. The van der Waals surface area contributed by atoms with E-state index in [2.05, 4.69) is 14.8 Å². The molecular formula is C22H29N3O4. The first-order chi connectivity index (χ1) is 14.2. The standard InChI is InChI=1S/C22H29N3O4/c1-16(28-15-19-7-4-6-14-27-19)22(26)29-18-11-9-17(10-12-18)21-24-23-20-8-3-2-5-13-25(20)21/h9-12,16,19H,2-8,13-15H2,1H3. The number of fused-ring (bicyclic) bond motifs is 1.